The number of pyridine rings is 2. The normalized spacial score (nSPS) is 12.4. The van der Waals surface area contributed by atoms with E-state index >= 15 is 0 Å². The highest BCUT2D eigenvalue weighted by Gasteiger charge is 2.26. The summed E-state index contributed by atoms with van der Waals surface area (Å²) in [5.74, 6) is -0.00987. The van der Waals surface area contributed by atoms with Gasteiger partial charge in [-0.2, -0.15) is 5.26 Å². The first-order chi connectivity index (χ1) is 18.4. The van der Waals surface area contributed by atoms with Gasteiger partial charge in [0.15, 0.2) is 5.13 Å². The molecule has 1 aliphatic rings. The molecule has 11 heteroatoms. The van der Waals surface area contributed by atoms with Crippen LogP contribution in [0.3, 0.4) is 0 Å². The number of benzene rings is 1. The number of halogens is 1. The van der Waals surface area contributed by atoms with Gasteiger partial charge in [-0.25, -0.2) is 9.97 Å². The average Bonchev–Trinajstić information content (AvgIpc) is 3.34. The molecule has 1 N–H and O–H groups in total. The summed E-state index contributed by atoms with van der Waals surface area (Å²) in [7, 11) is 1.53. The molecule has 190 valence electrons. The summed E-state index contributed by atoms with van der Waals surface area (Å²) in [6, 6.07) is 12.1. The van der Waals surface area contributed by atoms with Gasteiger partial charge in [-0.15, -0.1) is 0 Å². The van der Waals surface area contributed by atoms with Crippen molar-refractivity contribution in [1.29, 1.82) is 5.26 Å². The van der Waals surface area contributed by atoms with Crippen LogP contribution in [0.1, 0.15) is 42.5 Å². The minimum Gasteiger partial charge on any atom is -0.494 e. The van der Waals surface area contributed by atoms with Gasteiger partial charge >= 0.3 is 0 Å². The van der Waals surface area contributed by atoms with Crippen LogP contribution in [0.25, 0.3) is 11.1 Å². The molecule has 0 unspecified atom stereocenters. The molecule has 4 heterocycles. The molecule has 0 saturated carbocycles. The van der Waals surface area contributed by atoms with Crippen molar-refractivity contribution < 1.29 is 14.3 Å². The van der Waals surface area contributed by atoms with Crippen molar-refractivity contribution in [2.45, 2.75) is 19.9 Å². The van der Waals surface area contributed by atoms with Gasteiger partial charge < -0.3 is 9.64 Å². The zero-order chi connectivity index (χ0) is 26.8. The number of nitrogens with zero attached hydrogens (tertiary/aromatic N) is 5. The van der Waals surface area contributed by atoms with Crippen molar-refractivity contribution in [2.75, 3.05) is 19.0 Å². The molecule has 0 aliphatic carbocycles. The first-order valence-corrected chi connectivity index (χ1v) is 12.8. The molecule has 4 aromatic rings. The number of amides is 2. The van der Waals surface area contributed by atoms with Crippen molar-refractivity contribution in [1.82, 2.24) is 19.9 Å². The average molecular weight is 545 g/mol. The Bertz CT molecular complexity index is 1600. The maximum atomic E-state index is 13.4. The molecular formula is C27H21ClN6O3S. The van der Waals surface area contributed by atoms with Gasteiger partial charge in [0.05, 0.1) is 42.7 Å². The first-order valence-electron chi connectivity index (χ1n) is 11.6. The first kappa shape index (κ1) is 25.3. The summed E-state index contributed by atoms with van der Waals surface area (Å²) in [5, 5.41) is 12.6. The number of aromatic nitrogens is 3. The number of hydrogen-bond donors (Lipinski definition) is 1. The summed E-state index contributed by atoms with van der Waals surface area (Å²) >= 11 is 7.48. The van der Waals surface area contributed by atoms with E-state index in [4.69, 9.17) is 21.6 Å². The van der Waals surface area contributed by atoms with E-state index in [1.807, 2.05) is 6.92 Å². The monoisotopic (exact) mass is 544 g/mol. The van der Waals surface area contributed by atoms with Gasteiger partial charge in [0.2, 0.25) is 0 Å². The molecule has 9 nitrogen and oxygen atoms in total. The predicted octanol–water partition coefficient (Wildman–Crippen LogP) is 4.89. The van der Waals surface area contributed by atoms with Crippen LogP contribution < -0.4 is 10.1 Å². The zero-order valence-corrected chi connectivity index (χ0v) is 22.1. The van der Waals surface area contributed by atoms with Crippen molar-refractivity contribution >= 4 is 39.9 Å². The van der Waals surface area contributed by atoms with E-state index in [1.54, 1.807) is 41.3 Å². The third kappa shape index (κ3) is 5.07. The fourth-order valence-electron chi connectivity index (χ4n) is 4.21. The fourth-order valence-corrected chi connectivity index (χ4v) is 5.39. The molecule has 0 fully saturated rings. The minimum atomic E-state index is -0.376. The zero-order valence-electron chi connectivity index (χ0n) is 20.5. The number of nitriles is 1. The third-order valence-electron chi connectivity index (χ3n) is 6.13. The molecule has 5 rings (SSSR count). The second kappa shape index (κ2) is 10.6. The summed E-state index contributed by atoms with van der Waals surface area (Å²) in [4.78, 5) is 42.0. The number of fused-ring (bicyclic) bond motifs is 1. The maximum absolute atomic E-state index is 13.4. The number of carbonyl (C=O) groups excluding carboxylic acids is 2. The van der Waals surface area contributed by atoms with E-state index in [0.29, 0.717) is 58.2 Å². The maximum Gasteiger partial charge on any atom is 0.259 e. The number of hydrogen-bond acceptors (Lipinski definition) is 8. The molecular weight excluding hydrogens is 524 g/mol. The van der Waals surface area contributed by atoms with E-state index < -0.39 is 0 Å². The smallest absolute Gasteiger partial charge is 0.259 e. The van der Waals surface area contributed by atoms with E-state index in [2.05, 4.69) is 26.3 Å². The Kier molecular flexibility index (Phi) is 7.05. The van der Waals surface area contributed by atoms with Crippen LogP contribution in [0.2, 0.25) is 5.15 Å². The lowest BCUT2D eigenvalue weighted by Gasteiger charge is -2.26. The Hall–Kier alpha value is -4.33. The minimum absolute atomic E-state index is 0.112. The number of ether oxygens (including phenoxy) is 1. The molecule has 38 heavy (non-hydrogen) atoms. The molecule has 2 amide bonds. The van der Waals surface area contributed by atoms with Crippen LogP contribution >= 0.6 is 22.9 Å². The van der Waals surface area contributed by atoms with Crippen LogP contribution in [0.5, 0.6) is 5.75 Å². The van der Waals surface area contributed by atoms with Crippen LogP contribution in [0, 0.1) is 18.3 Å². The summed E-state index contributed by atoms with van der Waals surface area (Å²) in [6.07, 6.45) is 3.60. The lowest BCUT2D eigenvalue weighted by molar-refractivity contribution is 0.0736. The van der Waals surface area contributed by atoms with Gasteiger partial charge in [-0.3, -0.25) is 19.9 Å². The predicted molar refractivity (Wildman–Crippen MR) is 143 cm³/mol. The standard InChI is InChI=1S/C27H21ClN6O3S/c1-15-9-18(19-10-24(28)31-13-22(19)37-2)20(12-30-15)25(35)33-27-32-21-7-8-34(14-23(21)38-27)26(36)17-5-3-16(11-29)4-6-17/h3-6,9-10,12-13H,7-8,14H2,1-2H3,(H,32,33,35). The number of aryl methyl sites for hydroxylation is 1. The third-order valence-corrected chi connectivity index (χ3v) is 7.33. The lowest BCUT2D eigenvalue weighted by atomic mass is 10.0. The van der Waals surface area contributed by atoms with E-state index in [0.717, 1.165) is 16.3 Å². The summed E-state index contributed by atoms with van der Waals surface area (Å²) < 4.78 is 5.45. The highest BCUT2D eigenvalue weighted by atomic mass is 35.5. The van der Waals surface area contributed by atoms with Crippen LogP contribution in [0.4, 0.5) is 5.13 Å². The largest absolute Gasteiger partial charge is 0.494 e. The molecule has 0 bridgehead atoms. The Morgan fingerprint density at radius 1 is 1.16 bits per heavy atom. The van der Waals surface area contributed by atoms with E-state index in [1.165, 1.54) is 30.8 Å². The quantitative estimate of drug-likeness (QED) is 0.355. The Balaban J connectivity index is 1.36. The van der Waals surface area contributed by atoms with Gasteiger partial charge in [0.25, 0.3) is 11.8 Å². The number of methoxy groups -OCH3 is 1. The number of carbonyl (C=O) groups is 2. The number of nitrogens with one attached hydrogen (secondary N) is 1. The molecule has 1 aliphatic heterocycles. The number of anilines is 1. The molecule has 0 saturated heterocycles. The Morgan fingerprint density at radius 3 is 2.68 bits per heavy atom. The SMILES string of the molecule is COc1cnc(Cl)cc1-c1cc(C)ncc1C(=O)Nc1nc2c(s1)CN(C(=O)c1ccc(C#N)cc1)CC2. The molecule has 0 spiro atoms. The Labute approximate surface area is 227 Å². The van der Waals surface area contributed by atoms with Crippen molar-refractivity contribution in [3.63, 3.8) is 0 Å². The lowest BCUT2D eigenvalue weighted by Crippen LogP contribution is -2.35. The van der Waals surface area contributed by atoms with Gasteiger partial charge in [-0.1, -0.05) is 22.9 Å². The molecule has 3 aromatic heterocycles. The highest BCUT2D eigenvalue weighted by molar-refractivity contribution is 7.15. The highest BCUT2D eigenvalue weighted by Crippen LogP contribution is 2.35. The molecule has 0 radical (unpaired) electrons. The summed E-state index contributed by atoms with van der Waals surface area (Å²) in [5.41, 5.74) is 4.18. The molecule has 0 atom stereocenters. The van der Waals surface area contributed by atoms with Crippen molar-refractivity contribution in [2.24, 2.45) is 0 Å². The second-order valence-corrected chi connectivity index (χ2v) is 10.1. The van der Waals surface area contributed by atoms with Gasteiger partial charge in [0, 0.05) is 46.4 Å². The topological polar surface area (TPSA) is 121 Å². The van der Waals surface area contributed by atoms with Crippen LogP contribution in [-0.4, -0.2) is 45.3 Å². The van der Waals surface area contributed by atoms with Gasteiger partial charge in [-0.05, 0) is 43.3 Å². The Morgan fingerprint density at radius 2 is 1.95 bits per heavy atom. The van der Waals surface area contributed by atoms with E-state index in [-0.39, 0.29) is 17.0 Å². The summed E-state index contributed by atoms with van der Waals surface area (Å²) in [6.45, 7) is 2.74. The van der Waals surface area contributed by atoms with Crippen LogP contribution in [-0.2, 0) is 13.0 Å². The van der Waals surface area contributed by atoms with Crippen molar-refractivity contribution in [3.8, 4) is 22.9 Å². The number of thiazole rings is 1. The molecule has 1 aromatic carbocycles. The van der Waals surface area contributed by atoms with E-state index in [9.17, 15) is 9.59 Å². The van der Waals surface area contributed by atoms with Gasteiger partial charge in [0.1, 0.15) is 10.9 Å². The fraction of sp³-hybridized carbons (Fsp3) is 0.185. The van der Waals surface area contributed by atoms with Crippen molar-refractivity contribution in [3.05, 3.63) is 86.9 Å². The van der Waals surface area contributed by atoms with Crippen LogP contribution in [0.15, 0.2) is 48.8 Å². The second-order valence-electron chi connectivity index (χ2n) is 8.59. The number of rotatable bonds is 5.